The van der Waals surface area contributed by atoms with Gasteiger partial charge in [0.1, 0.15) is 0 Å². The summed E-state index contributed by atoms with van der Waals surface area (Å²) in [5, 5.41) is 12.5. The van der Waals surface area contributed by atoms with Gasteiger partial charge in [-0.1, -0.05) is 13.3 Å². The lowest BCUT2D eigenvalue weighted by molar-refractivity contribution is 0.202. The Morgan fingerprint density at radius 2 is 2.12 bits per heavy atom. The van der Waals surface area contributed by atoms with Gasteiger partial charge >= 0.3 is 0 Å². The molecule has 3 atom stereocenters. The molecule has 16 heavy (non-hydrogen) atoms. The van der Waals surface area contributed by atoms with Gasteiger partial charge in [-0.05, 0) is 25.7 Å². The molecule has 0 amide bonds. The van der Waals surface area contributed by atoms with Gasteiger partial charge in [0.05, 0.1) is 5.75 Å². The molecule has 1 fully saturated rings. The molecular formula is C11H23NO3S. The maximum atomic E-state index is 11.4. The van der Waals surface area contributed by atoms with Gasteiger partial charge in [0.25, 0.3) is 0 Å². The highest BCUT2D eigenvalue weighted by atomic mass is 32.2. The molecule has 4 nitrogen and oxygen atoms in total. The maximum Gasteiger partial charge on any atom is 0.151 e. The summed E-state index contributed by atoms with van der Waals surface area (Å²) in [6.07, 6.45) is 3.21. The molecule has 1 aliphatic carbocycles. The van der Waals surface area contributed by atoms with Crippen molar-refractivity contribution >= 4 is 9.84 Å². The Morgan fingerprint density at radius 1 is 1.44 bits per heavy atom. The van der Waals surface area contributed by atoms with Crippen molar-refractivity contribution < 1.29 is 13.5 Å². The van der Waals surface area contributed by atoms with Crippen LogP contribution in [0.1, 0.15) is 33.1 Å². The summed E-state index contributed by atoms with van der Waals surface area (Å²) in [5.74, 6) is 0.692. The zero-order valence-electron chi connectivity index (χ0n) is 10.1. The van der Waals surface area contributed by atoms with Crippen molar-refractivity contribution in [1.82, 2.24) is 5.32 Å². The molecule has 0 spiro atoms. The van der Waals surface area contributed by atoms with E-state index in [-0.39, 0.29) is 30.2 Å². The lowest BCUT2D eigenvalue weighted by Crippen LogP contribution is -2.43. The van der Waals surface area contributed by atoms with Crippen molar-refractivity contribution in [3.8, 4) is 0 Å². The Kier molecular flexibility index (Phi) is 5.21. The number of aliphatic hydroxyl groups excluding tert-OH is 1. The Hall–Kier alpha value is -0.130. The van der Waals surface area contributed by atoms with Crippen LogP contribution in [0.15, 0.2) is 0 Å². The molecule has 1 rings (SSSR count). The second kappa shape index (κ2) is 5.98. The second-order valence-corrected chi connectivity index (χ2v) is 7.14. The topological polar surface area (TPSA) is 66.4 Å². The van der Waals surface area contributed by atoms with E-state index in [4.69, 9.17) is 5.11 Å². The van der Waals surface area contributed by atoms with Crippen molar-refractivity contribution in [2.45, 2.75) is 45.2 Å². The number of nitrogens with one attached hydrogen (secondary N) is 1. The Labute approximate surface area is 98.4 Å². The van der Waals surface area contributed by atoms with Gasteiger partial charge in [0, 0.05) is 24.4 Å². The molecule has 0 aromatic carbocycles. The van der Waals surface area contributed by atoms with Crippen LogP contribution < -0.4 is 5.32 Å². The Balaban J connectivity index is 2.42. The smallest absolute Gasteiger partial charge is 0.151 e. The third-order valence-corrected chi connectivity index (χ3v) is 5.22. The number of rotatable bonds is 6. The normalized spacial score (nSPS) is 28.2. The molecule has 96 valence electrons. The Bertz CT molecular complexity index is 302. The number of sulfone groups is 1. The first-order valence-corrected chi connectivity index (χ1v) is 7.88. The van der Waals surface area contributed by atoms with E-state index in [0.717, 1.165) is 19.3 Å². The minimum absolute atomic E-state index is 0.0258. The molecule has 3 unspecified atom stereocenters. The second-order valence-electron chi connectivity index (χ2n) is 4.75. The SMILES string of the molecule is CCS(=O)(=O)CC(C)NC1CCCC1CO. The van der Waals surface area contributed by atoms with E-state index in [2.05, 4.69) is 5.32 Å². The van der Waals surface area contributed by atoms with Crippen molar-refractivity contribution in [1.29, 1.82) is 0 Å². The average molecular weight is 249 g/mol. The van der Waals surface area contributed by atoms with Gasteiger partial charge in [-0.25, -0.2) is 8.42 Å². The molecule has 1 aliphatic rings. The van der Waals surface area contributed by atoms with E-state index in [1.54, 1.807) is 6.92 Å². The Morgan fingerprint density at radius 3 is 2.69 bits per heavy atom. The molecule has 0 saturated heterocycles. The van der Waals surface area contributed by atoms with Gasteiger partial charge in [0.15, 0.2) is 9.84 Å². The van der Waals surface area contributed by atoms with Crippen LogP contribution in [0.3, 0.4) is 0 Å². The maximum absolute atomic E-state index is 11.4. The first-order chi connectivity index (χ1) is 7.48. The van der Waals surface area contributed by atoms with Gasteiger partial charge in [-0.3, -0.25) is 0 Å². The van der Waals surface area contributed by atoms with E-state index < -0.39 is 9.84 Å². The van der Waals surface area contributed by atoms with Crippen molar-refractivity contribution in [3.63, 3.8) is 0 Å². The van der Waals surface area contributed by atoms with Crippen LogP contribution in [0.2, 0.25) is 0 Å². The molecule has 2 N–H and O–H groups in total. The largest absolute Gasteiger partial charge is 0.396 e. The molecule has 0 aromatic rings. The van der Waals surface area contributed by atoms with Gasteiger partial charge in [-0.15, -0.1) is 0 Å². The van der Waals surface area contributed by atoms with E-state index in [1.807, 2.05) is 6.92 Å². The average Bonchev–Trinajstić information content (AvgIpc) is 2.64. The molecular weight excluding hydrogens is 226 g/mol. The fourth-order valence-corrected chi connectivity index (χ4v) is 3.48. The van der Waals surface area contributed by atoms with Crippen LogP contribution in [-0.4, -0.2) is 43.7 Å². The summed E-state index contributed by atoms with van der Waals surface area (Å²) < 4.78 is 22.9. The lowest BCUT2D eigenvalue weighted by Gasteiger charge is -2.23. The standard InChI is InChI=1S/C11H23NO3S/c1-3-16(14,15)8-9(2)12-11-6-4-5-10(11)7-13/h9-13H,3-8H2,1-2H3. The zero-order chi connectivity index (χ0) is 12.2. The fraction of sp³-hybridized carbons (Fsp3) is 1.00. The molecule has 0 aromatic heterocycles. The predicted molar refractivity (Wildman–Crippen MR) is 65.1 cm³/mol. The van der Waals surface area contributed by atoms with Crippen LogP contribution in [0.25, 0.3) is 0 Å². The molecule has 5 heteroatoms. The highest BCUT2D eigenvalue weighted by molar-refractivity contribution is 7.91. The predicted octanol–water partition coefficient (Wildman–Crippen LogP) is 0.560. The molecule has 0 radical (unpaired) electrons. The highest BCUT2D eigenvalue weighted by Crippen LogP contribution is 2.25. The van der Waals surface area contributed by atoms with Crippen LogP contribution in [0.5, 0.6) is 0 Å². The zero-order valence-corrected chi connectivity index (χ0v) is 11.0. The summed E-state index contributed by atoms with van der Waals surface area (Å²) in [7, 11) is -2.91. The molecule has 1 saturated carbocycles. The summed E-state index contributed by atoms with van der Waals surface area (Å²) in [6, 6.07) is 0.258. The first kappa shape index (κ1) is 13.9. The van der Waals surface area contributed by atoms with Gasteiger partial charge in [-0.2, -0.15) is 0 Å². The fourth-order valence-electron chi connectivity index (χ4n) is 2.39. The third-order valence-electron chi connectivity index (χ3n) is 3.34. The summed E-state index contributed by atoms with van der Waals surface area (Å²) in [4.78, 5) is 0. The molecule has 0 bridgehead atoms. The van der Waals surface area contributed by atoms with Crippen LogP contribution in [0.4, 0.5) is 0 Å². The van der Waals surface area contributed by atoms with E-state index in [9.17, 15) is 8.42 Å². The third kappa shape index (κ3) is 4.03. The molecule has 0 heterocycles. The van der Waals surface area contributed by atoms with Crippen LogP contribution in [-0.2, 0) is 9.84 Å². The number of aliphatic hydroxyl groups is 1. The van der Waals surface area contributed by atoms with Gasteiger partial charge in [0.2, 0.25) is 0 Å². The van der Waals surface area contributed by atoms with Crippen LogP contribution >= 0.6 is 0 Å². The monoisotopic (exact) mass is 249 g/mol. The van der Waals surface area contributed by atoms with Crippen LogP contribution in [0, 0.1) is 5.92 Å². The van der Waals surface area contributed by atoms with E-state index >= 15 is 0 Å². The first-order valence-electron chi connectivity index (χ1n) is 6.06. The van der Waals surface area contributed by atoms with Crippen molar-refractivity contribution in [3.05, 3.63) is 0 Å². The van der Waals surface area contributed by atoms with E-state index in [1.165, 1.54) is 0 Å². The number of hydrogen-bond acceptors (Lipinski definition) is 4. The summed E-state index contributed by atoms with van der Waals surface area (Å²) in [5.41, 5.74) is 0. The highest BCUT2D eigenvalue weighted by Gasteiger charge is 2.28. The summed E-state index contributed by atoms with van der Waals surface area (Å²) >= 11 is 0. The van der Waals surface area contributed by atoms with Crippen molar-refractivity contribution in [2.75, 3.05) is 18.1 Å². The van der Waals surface area contributed by atoms with E-state index in [0.29, 0.717) is 5.92 Å². The van der Waals surface area contributed by atoms with Gasteiger partial charge < -0.3 is 10.4 Å². The minimum atomic E-state index is -2.91. The molecule has 0 aliphatic heterocycles. The minimum Gasteiger partial charge on any atom is -0.396 e. The summed E-state index contributed by atoms with van der Waals surface area (Å²) in [6.45, 7) is 3.78. The lowest BCUT2D eigenvalue weighted by atomic mass is 10.0. The quantitative estimate of drug-likeness (QED) is 0.722. The number of hydrogen-bond donors (Lipinski definition) is 2. The van der Waals surface area contributed by atoms with Crippen molar-refractivity contribution in [2.24, 2.45) is 5.92 Å².